The number of hydrogen-bond donors (Lipinski definition) is 2. The van der Waals surface area contributed by atoms with Crippen LogP contribution in [0.1, 0.15) is 27.7 Å². The maximum absolute atomic E-state index is 14.2. The number of nitrogens with two attached hydrogens (primary N) is 1. The zero-order valence-electron chi connectivity index (χ0n) is 15.2. The molecule has 0 radical (unpaired) electrons. The molecule has 1 amide bonds. The first-order valence-corrected chi connectivity index (χ1v) is 10.0. The summed E-state index contributed by atoms with van der Waals surface area (Å²) >= 11 is 4.28. The average Bonchev–Trinajstić information content (AvgIpc) is 3.08. The summed E-state index contributed by atoms with van der Waals surface area (Å²) in [6, 6.07) is 6.06. The van der Waals surface area contributed by atoms with Crippen LogP contribution >= 0.6 is 27.3 Å². The Balaban J connectivity index is 1.77. The van der Waals surface area contributed by atoms with Crippen molar-refractivity contribution in [2.45, 2.75) is 12.3 Å². The van der Waals surface area contributed by atoms with Crippen LogP contribution in [0, 0.1) is 11.6 Å². The van der Waals surface area contributed by atoms with E-state index >= 15 is 0 Å². The second-order valence-electron chi connectivity index (χ2n) is 6.18. The fourth-order valence-corrected chi connectivity index (χ4v) is 4.23. The summed E-state index contributed by atoms with van der Waals surface area (Å²) in [7, 11) is 0. The fraction of sp³-hybridized carbons (Fsp3) is 0.158. The number of aliphatic hydroxyl groups is 1. The van der Waals surface area contributed by atoms with E-state index in [0.29, 0.717) is 14.4 Å². The molecule has 0 spiro atoms. The monoisotopic (exact) mass is 522 g/mol. The predicted molar refractivity (Wildman–Crippen MR) is 106 cm³/mol. The van der Waals surface area contributed by atoms with Crippen molar-refractivity contribution in [3.8, 4) is 16.3 Å². The van der Waals surface area contributed by atoms with Crippen LogP contribution in [0.3, 0.4) is 0 Å². The van der Waals surface area contributed by atoms with Gasteiger partial charge in [0.1, 0.15) is 29.1 Å². The standard InChI is InChI=1S/C19H12BrF5N2O3S/c20-16-15(27-18(31-16)8-1-3-9(4-2-8)19(23,24)25)11(28)7-30-12-6-5-10(21)13(14(12)22)17(26)29/h1-6,11,28H,7H2,(H2,26,29). The number of benzene rings is 2. The average molecular weight is 523 g/mol. The van der Waals surface area contributed by atoms with Gasteiger partial charge in [-0.1, -0.05) is 12.1 Å². The first-order chi connectivity index (χ1) is 14.5. The molecule has 0 fully saturated rings. The van der Waals surface area contributed by atoms with Gasteiger partial charge < -0.3 is 15.6 Å². The number of primary amides is 1. The van der Waals surface area contributed by atoms with Crippen LogP contribution in [0.25, 0.3) is 10.6 Å². The number of ether oxygens (including phenoxy) is 1. The van der Waals surface area contributed by atoms with Crippen molar-refractivity contribution < 1.29 is 36.6 Å². The van der Waals surface area contributed by atoms with E-state index in [0.717, 1.165) is 35.6 Å². The molecule has 1 atom stereocenters. The molecular formula is C19H12BrF5N2O3S. The van der Waals surface area contributed by atoms with Gasteiger partial charge in [-0.3, -0.25) is 4.79 Å². The lowest BCUT2D eigenvalue weighted by atomic mass is 10.1. The molecule has 31 heavy (non-hydrogen) atoms. The van der Waals surface area contributed by atoms with Crippen molar-refractivity contribution in [1.29, 1.82) is 0 Å². The summed E-state index contributed by atoms with van der Waals surface area (Å²) in [5.41, 5.74) is 3.67. The summed E-state index contributed by atoms with van der Waals surface area (Å²) in [5, 5.41) is 10.7. The number of carbonyl (C=O) groups excluding carboxylic acids is 1. The second kappa shape index (κ2) is 8.89. The molecule has 164 valence electrons. The normalized spacial score (nSPS) is 12.6. The van der Waals surface area contributed by atoms with E-state index in [2.05, 4.69) is 20.9 Å². The van der Waals surface area contributed by atoms with Crippen LogP contribution in [0.5, 0.6) is 5.75 Å². The first kappa shape index (κ1) is 23.1. The lowest BCUT2D eigenvalue weighted by Crippen LogP contribution is -2.17. The molecule has 12 heteroatoms. The van der Waals surface area contributed by atoms with Crippen LogP contribution in [-0.4, -0.2) is 22.6 Å². The third-order valence-electron chi connectivity index (χ3n) is 4.08. The van der Waals surface area contributed by atoms with Crippen molar-refractivity contribution in [3.05, 3.63) is 68.6 Å². The first-order valence-electron chi connectivity index (χ1n) is 8.41. The number of carbonyl (C=O) groups is 1. The van der Waals surface area contributed by atoms with E-state index in [1.165, 1.54) is 12.1 Å². The highest BCUT2D eigenvalue weighted by molar-refractivity contribution is 9.11. The highest BCUT2D eigenvalue weighted by Gasteiger charge is 2.30. The van der Waals surface area contributed by atoms with Gasteiger partial charge in [-0.2, -0.15) is 13.2 Å². The fourth-order valence-electron chi connectivity index (χ4n) is 2.56. The van der Waals surface area contributed by atoms with Gasteiger partial charge in [0.05, 0.1) is 15.0 Å². The number of rotatable bonds is 6. The maximum atomic E-state index is 14.2. The molecular weight excluding hydrogens is 511 g/mol. The third-order valence-corrected chi connectivity index (χ3v) is 5.88. The maximum Gasteiger partial charge on any atom is 0.416 e. The predicted octanol–water partition coefficient (Wildman–Crippen LogP) is 5.08. The number of hydrogen-bond acceptors (Lipinski definition) is 5. The molecule has 0 bridgehead atoms. The number of halogens is 6. The van der Waals surface area contributed by atoms with E-state index in [-0.39, 0.29) is 5.69 Å². The number of aromatic nitrogens is 1. The van der Waals surface area contributed by atoms with Crippen molar-refractivity contribution in [3.63, 3.8) is 0 Å². The van der Waals surface area contributed by atoms with Crippen molar-refractivity contribution in [2.75, 3.05) is 6.61 Å². The molecule has 0 aliphatic rings. The number of thiazole rings is 1. The minimum atomic E-state index is -4.47. The summed E-state index contributed by atoms with van der Waals surface area (Å²) < 4.78 is 71.4. The molecule has 0 aliphatic carbocycles. The summed E-state index contributed by atoms with van der Waals surface area (Å²) in [6.07, 6.45) is -5.83. The molecule has 1 unspecified atom stereocenters. The lowest BCUT2D eigenvalue weighted by Gasteiger charge is -2.13. The van der Waals surface area contributed by atoms with Crippen LogP contribution < -0.4 is 10.5 Å². The molecule has 0 aliphatic heterocycles. The lowest BCUT2D eigenvalue weighted by molar-refractivity contribution is -0.137. The van der Waals surface area contributed by atoms with Crippen molar-refractivity contribution in [2.24, 2.45) is 5.73 Å². The van der Waals surface area contributed by atoms with E-state index in [9.17, 15) is 31.9 Å². The molecule has 3 aromatic rings. The van der Waals surface area contributed by atoms with Gasteiger partial charge in [0.15, 0.2) is 11.6 Å². The van der Waals surface area contributed by atoms with Gasteiger partial charge in [0.25, 0.3) is 5.91 Å². The van der Waals surface area contributed by atoms with E-state index in [4.69, 9.17) is 10.5 Å². The van der Waals surface area contributed by atoms with E-state index in [1.807, 2.05) is 0 Å². The minimum absolute atomic E-state index is 0.109. The van der Waals surface area contributed by atoms with Crippen LogP contribution in [0.4, 0.5) is 22.0 Å². The molecule has 3 N–H and O–H groups in total. The zero-order chi connectivity index (χ0) is 22.9. The zero-order valence-corrected chi connectivity index (χ0v) is 17.6. The number of aliphatic hydroxyl groups excluding tert-OH is 1. The Labute approximate surface area is 184 Å². The Morgan fingerprint density at radius 1 is 1.19 bits per heavy atom. The smallest absolute Gasteiger partial charge is 0.416 e. The molecule has 5 nitrogen and oxygen atoms in total. The summed E-state index contributed by atoms with van der Waals surface area (Å²) in [4.78, 5) is 15.4. The van der Waals surface area contributed by atoms with E-state index < -0.39 is 53.3 Å². The van der Waals surface area contributed by atoms with Gasteiger partial charge in [-0.25, -0.2) is 13.8 Å². The summed E-state index contributed by atoms with van der Waals surface area (Å²) in [5.74, 6) is -4.27. The largest absolute Gasteiger partial charge is 0.487 e. The van der Waals surface area contributed by atoms with Gasteiger partial charge >= 0.3 is 6.18 Å². The summed E-state index contributed by atoms with van der Waals surface area (Å²) in [6.45, 7) is -0.504. The highest BCUT2D eigenvalue weighted by atomic mass is 79.9. The van der Waals surface area contributed by atoms with E-state index in [1.54, 1.807) is 0 Å². The minimum Gasteiger partial charge on any atom is -0.487 e. The Bertz CT molecular complexity index is 1120. The quantitative estimate of drug-likeness (QED) is 0.442. The molecule has 1 heterocycles. The molecule has 0 saturated carbocycles. The Morgan fingerprint density at radius 2 is 1.84 bits per heavy atom. The molecule has 1 aromatic heterocycles. The third kappa shape index (κ3) is 5.02. The number of nitrogens with zero attached hydrogens (tertiary/aromatic N) is 1. The number of amides is 1. The Morgan fingerprint density at radius 3 is 2.42 bits per heavy atom. The Hall–Kier alpha value is -2.57. The van der Waals surface area contributed by atoms with Crippen molar-refractivity contribution >= 4 is 33.2 Å². The number of alkyl halides is 3. The van der Waals surface area contributed by atoms with Gasteiger partial charge in [-0.05, 0) is 40.2 Å². The SMILES string of the molecule is NC(=O)c1c(F)ccc(OCC(O)c2nc(-c3ccc(C(F)(F)F)cc3)sc2Br)c1F. The van der Waals surface area contributed by atoms with Gasteiger partial charge in [0, 0.05) is 5.56 Å². The van der Waals surface area contributed by atoms with Crippen LogP contribution in [-0.2, 0) is 6.18 Å². The van der Waals surface area contributed by atoms with Crippen LogP contribution in [0.15, 0.2) is 40.2 Å². The van der Waals surface area contributed by atoms with Gasteiger partial charge in [0.2, 0.25) is 0 Å². The molecule has 3 rings (SSSR count). The van der Waals surface area contributed by atoms with Crippen molar-refractivity contribution in [1.82, 2.24) is 4.98 Å². The topological polar surface area (TPSA) is 85.4 Å². The second-order valence-corrected chi connectivity index (χ2v) is 8.50. The highest BCUT2D eigenvalue weighted by Crippen LogP contribution is 2.37. The van der Waals surface area contributed by atoms with Gasteiger partial charge in [-0.15, -0.1) is 11.3 Å². The molecule has 2 aromatic carbocycles. The molecule has 0 saturated heterocycles. The van der Waals surface area contributed by atoms with Crippen LogP contribution in [0.2, 0.25) is 0 Å². The Kier molecular flexibility index (Phi) is 6.62.